The zero-order valence-corrected chi connectivity index (χ0v) is 10.8. The van der Waals surface area contributed by atoms with Crippen LogP contribution in [0.1, 0.15) is 38.3 Å². The first-order chi connectivity index (χ1) is 8.22. The van der Waals surface area contributed by atoms with Gasteiger partial charge in [-0.15, -0.1) is 0 Å². The maximum absolute atomic E-state index is 5.81. The zero-order valence-electron chi connectivity index (χ0n) is 10.8. The summed E-state index contributed by atoms with van der Waals surface area (Å²) in [6, 6.07) is 5.34. The Hall–Kier alpha value is -0.930. The molecule has 0 aromatic carbocycles. The Balaban J connectivity index is 2.09. The van der Waals surface area contributed by atoms with Gasteiger partial charge < -0.3 is 5.73 Å². The Kier molecular flexibility index (Phi) is 4.13. The summed E-state index contributed by atoms with van der Waals surface area (Å²) in [5.41, 5.74) is 7.16. The van der Waals surface area contributed by atoms with Crippen molar-refractivity contribution >= 4 is 0 Å². The summed E-state index contributed by atoms with van der Waals surface area (Å²) in [5.74, 6) is 0.662. The van der Waals surface area contributed by atoms with Crippen LogP contribution in [0.5, 0.6) is 0 Å². The van der Waals surface area contributed by atoms with Gasteiger partial charge in [-0.1, -0.05) is 0 Å². The number of hydrogen-bond donors (Lipinski definition) is 1. The van der Waals surface area contributed by atoms with E-state index in [-0.39, 0.29) is 0 Å². The Labute approximate surface area is 104 Å². The van der Waals surface area contributed by atoms with Crippen molar-refractivity contribution < 1.29 is 0 Å². The molecule has 1 aliphatic heterocycles. The molecule has 3 unspecified atom stereocenters. The first-order valence-corrected chi connectivity index (χ1v) is 6.58. The van der Waals surface area contributed by atoms with Gasteiger partial charge in [0, 0.05) is 31.0 Å². The fourth-order valence-corrected chi connectivity index (χ4v) is 2.78. The molecule has 1 fully saturated rings. The number of pyridine rings is 1. The summed E-state index contributed by atoms with van der Waals surface area (Å²) in [6.45, 7) is 6.54. The van der Waals surface area contributed by atoms with Crippen LogP contribution in [0.4, 0.5) is 0 Å². The topological polar surface area (TPSA) is 42.1 Å². The number of nitrogens with two attached hydrogens (primary N) is 1. The molecule has 94 valence electrons. The molecule has 0 spiro atoms. The minimum absolute atomic E-state index is 0.461. The highest BCUT2D eigenvalue weighted by Gasteiger charge is 2.28. The van der Waals surface area contributed by atoms with Crippen LogP contribution in [0.2, 0.25) is 0 Å². The van der Waals surface area contributed by atoms with Crippen LogP contribution in [0.15, 0.2) is 24.5 Å². The predicted molar refractivity (Wildman–Crippen MR) is 70.6 cm³/mol. The summed E-state index contributed by atoms with van der Waals surface area (Å²) in [5, 5.41) is 0. The lowest BCUT2D eigenvalue weighted by Gasteiger charge is -2.41. The van der Waals surface area contributed by atoms with Crippen molar-refractivity contribution in [2.45, 2.75) is 38.8 Å². The molecule has 0 amide bonds. The highest BCUT2D eigenvalue weighted by molar-refractivity contribution is 5.14. The number of piperidine rings is 1. The number of likely N-dealkylation sites (tertiary alicyclic amines) is 1. The van der Waals surface area contributed by atoms with E-state index in [2.05, 4.69) is 35.9 Å². The van der Waals surface area contributed by atoms with Gasteiger partial charge in [-0.2, -0.15) is 0 Å². The number of rotatable bonds is 3. The third kappa shape index (κ3) is 2.85. The Morgan fingerprint density at radius 3 is 2.76 bits per heavy atom. The molecule has 0 bridgehead atoms. The summed E-state index contributed by atoms with van der Waals surface area (Å²) in [7, 11) is 0. The minimum atomic E-state index is 0.461. The second kappa shape index (κ2) is 5.61. The van der Waals surface area contributed by atoms with E-state index in [1.165, 1.54) is 18.4 Å². The average molecular weight is 233 g/mol. The van der Waals surface area contributed by atoms with Gasteiger partial charge in [0.25, 0.3) is 0 Å². The predicted octanol–water partition coefficient (Wildman–Crippen LogP) is 2.20. The van der Waals surface area contributed by atoms with E-state index in [0.717, 1.165) is 13.1 Å². The van der Waals surface area contributed by atoms with Crippen LogP contribution in [-0.2, 0) is 0 Å². The lowest BCUT2D eigenvalue weighted by molar-refractivity contribution is 0.0812. The van der Waals surface area contributed by atoms with Crippen LogP contribution in [0.3, 0.4) is 0 Å². The van der Waals surface area contributed by atoms with Crippen molar-refractivity contribution in [1.29, 1.82) is 0 Å². The van der Waals surface area contributed by atoms with Gasteiger partial charge in [0.1, 0.15) is 0 Å². The number of hydrogen-bond acceptors (Lipinski definition) is 3. The summed E-state index contributed by atoms with van der Waals surface area (Å²) in [6.07, 6.45) is 6.29. The molecule has 1 aromatic rings. The van der Waals surface area contributed by atoms with Crippen LogP contribution in [0, 0.1) is 5.92 Å². The summed E-state index contributed by atoms with van der Waals surface area (Å²) >= 11 is 0. The molecule has 0 aliphatic carbocycles. The molecule has 1 saturated heterocycles. The Bertz CT molecular complexity index is 339. The normalized spacial score (nSPS) is 27.9. The largest absolute Gasteiger partial charge is 0.330 e. The summed E-state index contributed by atoms with van der Waals surface area (Å²) < 4.78 is 0. The molecule has 3 heteroatoms. The minimum Gasteiger partial charge on any atom is -0.330 e. The second-order valence-corrected chi connectivity index (χ2v) is 5.18. The molecular weight excluding hydrogens is 210 g/mol. The number of aromatic nitrogens is 1. The Morgan fingerprint density at radius 1 is 1.41 bits per heavy atom. The van der Waals surface area contributed by atoms with Crippen molar-refractivity contribution in [1.82, 2.24) is 9.88 Å². The quantitative estimate of drug-likeness (QED) is 0.870. The average Bonchev–Trinajstić information content (AvgIpc) is 2.39. The van der Waals surface area contributed by atoms with Gasteiger partial charge in [-0.05, 0) is 56.8 Å². The SMILES string of the molecule is CC1CCC(CN)CN1C(C)c1ccncc1. The first kappa shape index (κ1) is 12.5. The van der Waals surface area contributed by atoms with Crippen LogP contribution in [-0.4, -0.2) is 29.0 Å². The fraction of sp³-hybridized carbons (Fsp3) is 0.643. The van der Waals surface area contributed by atoms with Gasteiger partial charge in [0.05, 0.1) is 0 Å². The van der Waals surface area contributed by atoms with E-state index in [1.54, 1.807) is 0 Å². The molecule has 17 heavy (non-hydrogen) atoms. The highest BCUT2D eigenvalue weighted by atomic mass is 15.2. The molecular formula is C14H23N3. The molecule has 2 N–H and O–H groups in total. The van der Waals surface area contributed by atoms with Gasteiger partial charge >= 0.3 is 0 Å². The smallest absolute Gasteiger partial charge is 0.0323 e. The number of nitrogens with zero attached hydrogens (tertiary/aromatic N) is 2. The van der Waals surface area contributed by atoms with E-state index in [9.17, 15) is 0 Å². The highest BCUT2D eigenvalue weighted by Crippen LogP contribution is 2.29. The van der Waals surface area contributed by atoms with Gasteiger partial charge in [-0.3, -0.25) is 9.88 Å². The van der Waals surface area contributed by atoms with Crippen molar-refractivity contribution in [3.8, 4) is 0 Å². The van der Waals surface area contributed by atoms with Gasteiger partial charge in [-0.25, -0.2) is 0 Å². The molecule has 3 atom stereocenters. The molecule has 3 nitrogen and oxygen atoms in total. The van der Waals surface area contributed by atoms with E-state index >= 15 is 0 Å². The van der Waals surface area contributed by atoms with Gasteiger partial charge in [0.2, 0.25) is 0 Å². The van der Waals surface area contributed by atoms with Crippen molar-refractivity contribution in [3.63, 3.8) is 0 Å². The van der Waals surface area contributed by atoms with E-state index in [1.807, 2.05) is 12.4 Å². The maximum Gasteiger partial charge on any atom is 0.0323 e. The zero-order chi connectivity index (χ0) is 12.3. The van der Waals surface area contributed by atoms with Gasteiger partial charge in [0.15, 0.2) is 0 Å². The monoisotopic (exact) mass is 233 g/mol. The van der Waals surface area contributed by atoms with Crippen LogP contribution < -0.4 is 5.73 Å². The molecule has 2 rings (SSSR count). The fourth-order valence-electron chi connectivity index (χ4n) is 2.78. The van der Waals surface area contributed by atoms with Crippen LogP contribution >= 0.6 is 0 Å². The lowest BCUT2D eigenvalue weighted by Crippen LogP contribution is -2.44. The second-order valence-electron chi connectivity index (χ2n) is 5.18. The molecule has 0 radical (unpaired) electrons. The van der Waals surface area contributed by atoms with E-state index < -0.39 is 0 Å². The third-order valence-corrected chi connectivity index (χ3v) is 4.05. The van der Waals surface area contributed by atoms with Crippen molar-refractivity contribution in [2.75, 3.05) is 13.1 Å². The molecule has 1 aromatic heterocycles. The molecule has 2 heterocycles. The van der Waals surface area contributed by atoms with E-state index in [0.29, 0.717) is 18.0 Å². The lowest BCUT2D eigenvalue weighted by atomic mass is 9.91. The standard InChI is InChI=1S/C14H23N3/c1-11-3-4-13(9-15)10-17(11)12(2)14-5-7-16-8-6-14/h5-8,11-13H,3-4,9-10,15H2,1-2H3. The first-order valence-electron chi connectivity index (χ1n) is 6.58. The van der Waals surface area contributed by atoms with Crippen molar-refractivity contribution in [2.24, 2.45) is 11.7 Å². The molecule has 1 aliphatic rings. The van der Waals surface area contributed by atoms with E-state index in [4.69, 9.17) is 5.73 Å². The molecule has 0 saturated carbocycles. The maximum atomic E-state index is 5.81. The Morgan fingerprint density at radius 2 is 2.12 bits per heavy atom. The van der Waals surface area contributed by atoms with Crippen molar-refractivity contribution in [3.05, 3.63) is 30.1 Å². The third-order valence-electron chi connectivity index (χ3n) is 4.05. The summed E-state index contributed by atoms with van der Waals surface area (Å²) in [4.78, 5) is 6.66. The van der Waals surface area contributed by atoms with Crippen LogP contribution in [0.25, 0.3) is 0 Å².